The lowest BCUT2D eigenvalue weighted by atomic mass is 9.74. The third-order valence-electron chi connectivity index (χ3n) is 7.66. The summed E-state index contributed by atoms with van der Waals surface area (Å²) in [6.45, 7) is 12.3. The van der Waals surface area contributed by atoms with Gasteiger partial charge in [0.05, 0.1) is 11.1 Å². The van der Waals surface area contributed by atoms with E-state index in [-0.39, 0.29) is 28.4 Å². The molecule has 0 atom stereocenters. The largest absolute Gasteiger partial charge is 0.417 e. The summed E-state index contributed by atoms with van der Waals surface area (Å²) in [5.41, 5.74) is 2.98. The number of hydrogen-bond acceptors (Lipinski definition) is 1. The van der Waals surface area contributed by atoms with E-state index in [1.165, 1.54) is 16.8 Å². The lowest BCUT2D eigenvalue weighted by molar-refractivity contribution is -0.137. The molecule has 1 aliphatic rings. The van der Waals surface area contributed by atoms with Gasteiger partial charge in [0.25, 0.3) is 0 Å². The van der Waals surface area contributed by atoms with E-state index in [1.54, 1.807) is 26.2 Å². The first-order valence-corrected chi connectivity index (χ1v) is 14.8. The van der Waals surface area contributed by atoms with Gasteiger partial charge in [-0.2, -0.15) is 26.3 Å². The van der Waals surface area contributed by atoms with E-state index in [2.05, 4.69) is 26.0 Å². The molecule has 0 amide bonds. The van der Waals surface area contributed by atoms with Crippen LogP contribution in [-0.2, 0) is 12.4 Å². The summed E-state index contributed by atoms with van der Waals surface area (Å²) in [5, 5.41) is -0.0805. The van der Waals surface area contributed by atoms with Crippen LogP contribution in [0.1, 0.15) is 110 Å². The van der Waals surface area contributed by atoms with Crippen LogP contribution in [0.15, 0.2) is 48.5 Å². The zero-order chi connectivity index (χ0) is 29.9. The molecular weight excluding hydrogens is 543 g/mol. The molecule has 3 aromatic carbocycles. The fraction of sp³-hybridized carbons (Fsp3) is 0.438. The maximum atomic E-state index is 14.6. The second-order valence-corrected chi connectivity index (χ2v) is 14.0. The van der Waals surface area contributed by atoms with Gasteiger partial charge >= 0.3 is 12.4 Å². The molecule has 1 nitrogen and oxygen atoms in total. The molecule has 1 heterocycles. The van der Waals surface area contributed by atoms with Crippen LogP contribution < -0.4 is 10.6 Å². The first-order chi connectivity index (χ1) is 18.5. The Labute approximate surface area is 234 Å². The molecule has 3 aromatic rings. The quantitative estimate of drug-likeness (QED) is 0.215. The normalized spacial score (nSPS) is 17.6. The van der Waals surface area contributed by atoms with E-state index in [1.807, 2.05) is 27.7 Å². The van der Waals surface area contributed by atoms with Gasteiger partial charge in [0.15, 0.2) is 0 Å². The molecule has 1 aliphatic heterocycles. The smallest absolute Gasteiger partial charge is 0.281 e. The van der Waals surface area contributed by atoms with Crippen molar-refractivity contribution >= 4 is 18.7 Å². The predicted molar refractivity (Wildman–Crippen MR) is 152 cm³/mol. The highest BCUT2D eigenvalue weighted by atomic mass is 31.1. The maximum Gasteiger partial charge on any atom is 0.417 e. The van der Waals surface area contributed by atoms with Crippen LogP contribution in [-0.4, -0.2) is 18.8 Å². The van der Waals surface area contributed by atoms with Gasteiger partial charge in [-0.15, -0.1) is 0 Å². The Morgan fingerprint density at radius 2 is 1.05 bits per heavy atom. The summed E-state index contributed by atoms with van der Waals surface area (Å²) < 4.78 is 89.0. The van der Waals surface area contributed by atoms with Gasteiger partial charge in [-0.25, -0.2) is 0 Å². The van der Waals surface area contributed by atoms with Crippen LogP contribution >= 0.6 is 8.07 Å². The standard InChI is InChI=1S/C32H36F6NP/c1-17(2)20-15-23(18(3)4)28(24(16-20)19(5)6)27-21-11-9-13-25(31(33,34)35)29(21)40(39(7)8)30-22(27)12-10-14-26(30)32(36,37)38/h9-19,27H,1-8H3. The minimum absolute atomic E-state index is 0.00647. The van der Waals surface area contributed by atoms with Gasteiger partial charge in [0, 0.05) is 24.6 Å². The van der Waals surface area contributed by atoms with Crippen molar-refractivity contribution in [2.24, 2.45) is 0 Å². The molecule has 0 radical (unpaired) electrons. The number of halogens is 6. The fourth-order valence-corrected chi connectivity index (χ4v) is 8.63. The molecule has 40 heavy (non-hydrogen) atoms. The molecule has 4 rings (SSSR count). The Morgan fingerprint density at radius 1 is 0.650 bits per heavy atom. The van der Waals surface area contributed by atoms with Crippen LogP contribution in [0.25, 0.3) is 0 Å². The van der Waals surface area contributed by atoms with Crippen molar-refractivity contribution in [2.45, 2.75) is 77.6 Å². The Bertz CT molecular complexity index is 1310. The van der Waals surface area contributed by atoms with Crippen LogP contribution in [0, 0.1) is 0 Å². The molecule has 0 fully saturated rings. The Kier molecular flexibility index (Phi) is 8.26. The molecule has 0 bridgehead atoms. The number of nitrogens with zero attached hydrogens (tertiary/aromatic N) is 1. The van der Waals surface area contributed by atoms with E-state index in [0.717, 1.165) is 34.4 Å². The fourth-order valence-electron chi connectivity index (χ4n) is 5.85. The highest BCUT2D eigenvalue weighted by Crippen LogP contribution is 2.54. The average Bonchev–Trinajstić information content (AvgIpc) is 2.84. The van der Waals surface area contributed by atoms with E-state index < -0.39 is 37.5 Å². The second-order valence-electron chi connectivity index (χ2n) is 11.7. The van der Waals surface area contributed by atoms with Gasteiger partial charge in [-0.3, -0.25) is 4.67 Å². The molecule has 0 unspecified atom stereocenters. The number of alkyl halides is 6. The molecule has 0 saturated heterocycles. The first kappa shape index (κ1) is 30.6. The van der Waals surface area contributed by atoms with E-state index in [4.69, 9.17) is 0 Å². The van der Waals surface area contributed by atoms with Gasteiger partial charge < -0.3 is 0 Å². The summed E-state index contributed by atoms with van der Waals surface area (Å²) in [4.78, 5) is 0. The minimum Gasteiger partial charge on any atom is -0.281 e. The minimum atomic E-state index is -4.72. The van der Waals surface area contributed by atoms with Gasteiger partial charge in [0.1, 0.15) is 0 Å². The number of hydrogen-bond donors (Lipinski definition) is 0. The van der Waals surface area contributed by atoms with Gasteiger partial charge in [-0.05, 0) is 77.4 Å². The molecule has 0 aliphatic carbocycles. The van der Waals surface area contributed by atoms with Crippen molar-refractivity contribution in [1.29, 1.82) is 0 Å². The highest BCUT2D eigenvalue weighted by Gasteiger charge is 2.47. The Balaban J connectivity index is 2.27. The second kappa shape index (κ2) is 10.8. The highest BCUT2D eigenvalue weighted by molar-refractivity contribution is 7.71. The van der Waals surface area contributed by atoms with E-state index in [0.29, 0.717) is 11.1 Å². The van der Waals surface area contributed by atoms with Crippen LogP contribution in [0.5, 0.6) is 0 Å². The summed E-state index contributed by atoms with van der Waals surface area (Å²) in [6, 6.07) is 12.4. The lowest BCUT2D eigenvalue weighted by Crippen LogP contribution is -2.40. The summed E-state index contributed by atoms with van der Waals surface area (Å²) in [6.07, 6.45) is -9.44. The molecular formula is C32H36F6NP. The summed E-state index contributed by atoms with van der Waals surface area (Å²) in [7, 11) is 1.01. The molecule has 0 N–H and O–H groups in total. The van der Waals surface area contributed by atoms with Crippen molar-refractivity contribution in [3.8, 4) is 0 Å². The van der Waals surface area contributed by atoms with Gasteiger partial charge in [-0.1, -0.05) is 77.9 Å². The first-order valence-electron chi connectivity index (χ1n) is 13.5. The topological polar surface area (TPSA) is 3.24 Å². The lowest BCUT2D eigenvalue weighted by Gasteiger charge is -2.41. The van der Waals surface area contributed by atoms with Crippen molar-refractivity contribution in [3.63, 3.8) is 0 Å². The van der Waals surface area contributed by atoms with Crippen molar-refractivity contribution in [1.82, 2.24) is 4.67 Å². The summed E-state index contributed by atoms with van der Waals surface area (Å²) >= 11 is 0. The van der Waals surface area contributed by atoms with Crippen LogP contribution in [0.3, 0.4) is 0 Å². The zero-order valence-corrected chi connectivity index (χ0v) is 25.0. The maximum absolute atomic E-state index is 14.6. The molecule has 8 heteroatoms. The van der Waals surface area contributed by atoms with Crippen LogP contribution in [0.2, 0.25) is 0 Å². The monoisotopic (exact) mass is 579 g/mol. The molecule has 0 saturated carbocycles. The number of rotatable bonds is 5. The Morgan fingerprint density at radius 3 is 1.35 bits per heavy atom. The van der Waals surface area contributed by atoms with E-state index >= 15 is 0 Å². The van der Waals surface area contributed by atoms with Crippen molar-refractivity contribution in [3.05, 3.63) is 93.0 Å². The molecule has 0 spiro atoms. The van der Waals surface area contributed by atoms with Crippen LogP contribution in [0.4, 0.5) is 26.3 Å². The molecule has 216 valence electrons. The third-order valence-corrected chi connectivity index (χ3v) is 10.3. The van der Waals surface area contributed by atoms with Crippen molar-refractivity contribution < 1.29 is 26.3 Å². The SMILES string of the molecule is CC(C)c1cc(C(C)C)c(C2c3cccc(C(F)(F)F)c3P(N(C)C)c3c2cccc3C(F)(F)F)c(C(C)C)c1. The van der Waals surface area contributed by atoms with Gasteiger partial charge in [0.2, 0.25) is 0 Å². The molecule has 0 aromatic heterocycles. The predicted octanol–water partition coefficient (Wildman–Crippen LogP) is 9.50. The average molecular weight is 580 g/mol. The van der Waals surface area contributed by atoms with E-state index in [9.17, 15) is 26.3 Å². The van der Waals surface area contributed by atoms with Crippen molar-refractivity contribution in [2.75, 3.05) is 14.1 Å². The zero-order valence-electron chi connectivity index (χ0n) is 24.1. The third kappa shape index (κ3) is 5.32. The number of benzene rings is 3. The summed E-state index contributed by atoms with van der Waals surface area (Å²) in [5.74, 6) is -0.548. The number of fused-ring (bicyclic) bond motifs is 2. The Hall–Kier alpha value is -2.37.